The topological polar surface area (TPSA) is 151 Å². The minimum Gasteiger partial charge on any atom is -0.504 e. The highest BCUT2D eigenvalue weighted by molar-refractivity contribution is 5.96. The average Bonchev–Trinajstić information content (AvgIpc) is 2.60. The Morgan fingerprint density at radius 1 is 1.26 bits per heavy atom. The summed E-state index contributed by atoms with van der Waals surface area (Å²) in [4.78, 5) is 11.6. The number of nitrogens with two attached hydrogens (primary N) is 2. The van der Waals surface area contributed by atoms with Gasteiger partial charge >= 0.3 is 0 Å². The third kappa shape index (κ3) is 4.78. The standard InChI is InChI=1S/C17H21N9O/c1-5-7-11(6-2)25-26(20-4)13-9-10(3)8-12(14(13)27)21-17-23-15(18)22-16(19)24-17/h5-6,8-9,27H,1-2,4,7H2,3H3,(H5,18,19,21,22,23,24)/b25-11-. The van der Waals surface area contributed by atoms with E-state index in [1.807, 2.05) is 6.92 Å². The van der Waals surface area contributed by atoms with Gasteiger partial charge in [0.1, 0.15) is 5.69 Å². The van der Waals surface area contributed by atoms with E-state index in [1.54, 1.807) is 24.3 Å². The third-order valence-corrected chi connectivity index (χ3v) is 3.31. The molecule has 0 aliphatic heterocycles. The van der Waals surface area contributed by atoms with Crippen molar-refractivity contribution in [2.75, 3.05) is 21.9 Å². The lowest BCUT2D eigenvalue weighted by molar-refractivity contribution is 0.476. The minimum absolute atomic E-state index is 0.0450. The van der Waals surface area contributed by atoms with Crippen molar-refractivity contribution >= 4 is 41.6 Å². The van der Waals surface area contributed by atoms with E-state index in [-0.39, 0.29) is 23.6 Å². The molecule has 27 heavy (non-hydrogen) atoms. The van der Waals surface area contributed by atoms with Crippen LogP contribution in [0.1, 0.15) is 12.0 Å². The van der Waals surface area contributed by atoms with Gasteiger partial charge in [0.15, 0.2) is 5.75 Å². The van der Waals surface area contributed by atoms with Crippen LogP contribution < -0.4 is 21.9 Å². The molecule has 0 fully saturated rings. The normalized spacial score (nSPS) is 10.9. The molecule has 0 amide bonds. The Labute approximate surface area is 156 Å². The minimum atomic E-state index is -0.142. The number of hydrogen-bond donors (Lipinski definition) is 4. The van der Waals surface area contributed by atoms with Crippen molar-refractivity contribution in [1.82, 2.24) is 15.0 Å². The van der Waals surface area contributed by atoms with E-state index >= 15 is 0 Å². The largest absolute Gasteiger partial charge is 0.504 e. The summed E-state index contributed by atoms with van der Waals surface area (Å²) in [5, 5.41) is 22.9. The Morgan fingerprint density at radius 2 is 1.93 bits per heavy atom. The number of hydrogen-bond acceptors (Lipinski definition) is 10. The molecule has 140 valence electrons. The summed E-state index contributed by atoms with van der Waals surface area (Å²) in [5.41, 5.74) is 13.2. The SMILES string of the molecule is C=CC/C(C=C)=N\N(N=C)c1cc(C)cc(Nc2nc(N)nc(N)n2)c1O. The van der Waals surface area contributed by atoms with Gasteiger partial charge in [0.2, 0.25) is 17.8 Å². The van der Waals surface area contributed by atoms with E-state index in [1.165, 1.54) is 5.12 Å². The summed E-state index contributed by atoms with van der Waals surface area (Å²) in [7, 11) is 0. The molecule has 0 saturated carbocycles. The highest BCUT2D eigenvalue weighted by Gasteiger charge is 2.16. The number of aryl methyl sites for hydroxylation is 1. The van der Waals surface area contributed by atoms with Crippen LogP contribution in [0.15, 0.2) is 47.6 Å². The number of anilines is 5. The second-order valence-electron chi connectivity index (χ2n) is 5.40. The lowest BCUT2D eigenvalue weighted by Gasteiger charge is -2.18. The first-order valence-corrected chi connectivity index (χ1v) is 7.83. The maximum absolute atomic E-state index is 10.7. The molecule has 1 heterocycles. The van der Waals surface area contributed by atoms with Gasteiger partial charge in [0, 0.05) is 13.1 Å². The van der Waals surface area contributed by atoms with Crippen LogP contribution in [0.4, 0.5) is 29.2 Å². The molecule has 0 unspecified atom stereocenters. The molecule has 0 atom stereocenters. The van der Waals surface area contributed by atoms with Gasteiger partial charge < -0.3 is 21.9 Å². The number of nitrogens with one attached hydrogen (secondary N) is 1. The van der Waals surface area contributed by atoms with Crippen LogP contribution in [0.3, 0.4) is 0 Å². The number of aromatic hydroxyl groups is 1. The smallest absolute Gasteiger partial charge is 0.233 e. The van der Waals surface area contributed by atoms with Crippen LogP contribution in [-0.4, -0.2) is 32.5 Å². The van der Waals surface area contributed by atoms with Crippen LogP contribution in [0.2, 0.25) is 0 Å². The molecule has 6 N–H and O–H groups in total. The van der Waals surface area contributed by atoms with Gasteiger partial charge in [0.25, 0.3) is 0 Å². The molecule has 0 bridgehead atoms. The maximum Gasteiger partial charge on any atom is 0.233 e. The summed E-state index contributed by atoms with van der Waals surface area (Å²) in [5.74, 6) is -0.143. The van der Waals surface area contributed by atoms with E-state index in [9.17, 15) is 5.11 Å². The monoisotopic (exact) mass is 367 g/mol. The summed E-state index contributed by atoms with van der Waals surface area (Å²) in [6.45, 7) is 12.7. The van der Waals surface area contributed by atoms with Gasteiger partial charge in [-0.05, 0) is 30.7 Å². The fourth-order valence-electron chi connectivity index (χ4n) is 2.19. The molecular weight excluding hydrogens is 346 g/mol. The van der Waals surface area contributed by atoms with Crippen molar-refractivity contribution in [1.29, 1.82) is 0 Å². The first-order valence-electron chi connectivity index (χ1n) is 7.83. The highest BCUT2D eigenvalue weighted by atomic mass is 16.3. The van der Waals surface area contributed by atoms with Gasteiger partial charge in [0.05, 0.1) is 11.4 Å². The van der Waals surface area contributed by atoms with Crippen molar-refractivity contribution in [2.24, 2.45) is 10.2 Å². The van der Waals surface area contributed by atoms with Gasteiger partial charge in [-0.2, -0.15) is 25.2 Å². The quantitative estimate of drug-likeness (QED) is 0.240. The zero-order valence-corrected chi connectivity index (χ0v) is 14.9. The predicted octanol–water partition coefficient (Wildman–Crippen LogP) is 2.33. The van der Waals surface area contributed by atoms with Crippen LogP contribution in [0.5, 0.6) is 5.75 Å². The number of benzene rings is 1. The number of aromatic nitrogens is 3. The average molecular weight is 367 g/mol. The van der Waals surface area contributed by atoms with Crippen molar-refractivity contribution < 1.29 is 5.11 Å². The summed E-state index contributed by atoms with van der Waals surface area (Å²) < 4.78 is 0. The van der Waals surface area contributed by atoms with Crippen LogP contribution in [0.25, 0.3) is 0 Å². The maximum atomic E-state index is 10.7. The number of phenols is 1. The lowest BCUT2D eigenvalue weighted by Crippen LogP contribution is -2.12. The number of nitrogens with zero attached hydrogens (tertiary/aromatic N) is 6. The van der Waals surface area contributed by atoms with Gasteiger partial charge in [-0.3, -0.25) is 0 Å². The van der Waals surface area contributed by atoms with Crippen LogP contribution >= 0.6 is 0 Å². The van der Waals surface area contributed by atoms with Crippen molar-refractivity contribution in [2.45, 2.75) is 13.3 Å². The number of rotatable bonds is 8. The van der Waals surface area contributed by atoms with Gasteiger partial charge in [-0.25, -0.2) is 0 Å². The zero-order chi connectivity index (χ0) is 20.0. The van der Waals surface area contributed by atoms with E-state index in [2.05, 4.69) is 50.3 Å². The van der Waals surface area contributed by atoms with Crippen LogP contribution in [0, 0.1) is 6.92 Å². The van der Waals surface area contributed by atoms with Crippen molar-refractivity contribution in [3.63, 3.8) is 0 Å². The van der Waals surface area contributed by atoms with Crippen LogP contribution in [-0.2, 0) is 0 Å². The Morgan fingerprint density at radius 3 is 2.48 bits per heavy atom. The Balaban J connectivity index is 2.48. The molecule has 0 aliphatic carbocycles. The predicted molar refractivity (Wildman–Crippen MR) is 109 cm³/mol. The van der Waals surface area contributed by atoms with E-state index < -0.39 is 0 Å². The molecule has 2 aromatic rings. The Kier molecular flexibility index (Phi) is 6.05. The summed E-state index contributed by atoms with van der Waals surface area (Å²) in [6, 6.07) is 3.39. The first kappa shape index (κ1) is 19.4. The second-order valence-corrected chi connectivity index (χ2v) is 5.40. The third-order valence-electron chi connectivity index (χ3n) is 3.31. The summed E-state index contributed by atoms with van der Waals surface area (Å²) in [6.07, 6.45) is 3.74. The second kappa shape index (κ2) is 8.43. The van der Waals surface area contributed by atoms with E-state index in [0.717, 1.165) is 5.56 Å². The molecule has 0 spiro atoms. The number of nitrogen functional groups attached to an aromatic ring is 2. The Hall–Kier alpha value is -3.95. The number of hydrazone groups is 2. The van der Waals surface area contributed by atoms with E-state index in [0.29, 0.717) is 23.5 Å². The fraction of sp³-hybridized carbons (Fsp3) is 0.118. The number of phenolic OH excluding ortho intramolecular Hbond substituents is 1. The molecular formula is C17H21N9O. The molecule has 1 aromatic carbocycles. The molecule has 0 saturated heterocycles. The lowest BCUT2D eigenvalue weighted by atomic mass is 10.1. The Bertz CT molecular complexity index is 887. The first-order chi connectivity index (χ1) is 12.9. The van der Waals surface area contributed by atoms with Gasteiger partial charge in [-0.15, -0.1) is 11.7 Å². The molecule has 10 heteroatoms. The zero-order valence-electron chi connectivity index (χ0n) is 14.9. The highest BCUT2D eigenvalue weighted by Crippen LogP contribution is 2.37. The molecule has 1 aromatic heterocycles. The molecule has 0 aliphatic rings. The molecule has 10 nitrogen and oxygen atoms in total. The van der Waals surface area contributed by atoms with E-state index in [4.69, 9.17) is 11.5 Å². The molecule has 2 rings (SSSR count). The fourth-order valence-corrected chi connectivity index (χ4v) is 2.19. The number of allylic oxidation sites excluding steroid dienone is 2. The van der Waals surface area contributed by atoms with Crippen molar-refractivity contribution in [3.8, 4) is 5.75 Å². The van der Waals surface area contributed by atoms with Gasteiger partial charge in [-0.1, -0.05) is 12.7 Å². The van der Waals surface area contributed by atoms with Crippen molar-refractivity contribution in [3.05, 3.63) is 43.0 Å². The summed E-state index contributed by atoms with van der Waals surface area (Å²) >= 11 is 0. The molecule has 0 radical (unpaired) electrons.